The number of nitrogens with zero attached hydrogens (tertiary/aromatic N) is 2. The van der Waals surface area contributed by atoms with Crippen LogP contribution in [0.4, 0.5) is 0 Å². The van der Waals surface area contributed by atoms with Gasteiger partial charge in [-0.2, -0.15) is 0 Å². The number of hydrogen-bond donors (Lipinski definition) is 1. The Kier molecular flexibility index (Phi) is 7.53. The van der Waals surface area contributed by atoms with Gasteiger partial charge in [0.25, 0.3) is 0 Å². The molecule has 2 aliphatic rings. The van der Waals surface area contributed by atoms with Crippen LogP contribution in [0, 0.1) is 5.92 Å². The van der Waals surface area contributed by atoms with Crippen LogP contribution in [0.1, 0.15) is 39.5 Å². The average Bonchev–Trinajstić information content (AvgIpc) is 2.70. The molecule has 1 aliphatic heterocycles. The molecule has 3 rings (SSSR count). The minimum Gasteiger partial charge on any atom is -0.492 e. The SMILES string of the molecule is CC1CCC(NC(=O)C(C)N2CCN(CCOc3ccccc3)CC2)CC1. The summed E-state index contributed by atoms with van der Waals surface area (Å²) in [6.45, 7) is 9.89. The smallest absolute Gasteiger partial charge is 0.237 e. The number of amides is 1. The number of carbonyl (C=O) groups is 1. The van der Waals surface area contributed by atoms with Crippen LogP contribution in [0.15, 0.2) is 30.3 Å². The number of rotatable bonds is 7. The summed E-state index contributed by atoms with van der Waals surface area (Å²) in [5.74, 6) is 1.95. The fourth-order valence-electron chi connectivity index (χ4n) is 4.08. The monoisotopic (exact) mass is 373 g/mol. The van der Waals surface area contributed by atoms with Gasteiger partial charge in [-0.3, -0.25) is 14.6 Å². The van der Waals surface area contributed by atoms with E-state index in [0.29, 0.717) is 12.6 Å². The number of para-hydroxylation sites is 1. The van der Waals surface area contributed by atoms with E-state index >= 15 is 0 Å². The highest BCUT2D eigenvalue weighted by Crippen LogP contribution is 2.23. The van der Waals surface area contributed by atoms with E-state index in [0.717, 1.165) is 57.2 Å². The Morgan fingerprint density at radius 2 is 1.78 bits per heavy atom. The van der Waals surface area contributed by atoms with Gasteiger partial charge in [-0.15, -0.1) is 0 Å². The first-order valence-corrected chi connectivity index (χ1v) is 10.6. The first-order valence-electron chi connectivity index (χ1n) is 10.6. The third kappa shape index (κ3) is 6.22. The summed E-state index contributed by atoms with van der Waals surface area (Å²) in [4.78, 5) is 17.4. The molecule has 5 nitrogen and oxygen atoms in total. The first-order chi connectivity index (χ1) is 13.1. The summed E-state index contributed by atoms with van der Waals surface area (Å²) in [5, 5.41) is 3.29. The van der Waals surface area contributed by atoms with Crippen molar-refractivity contribution in [1.29, 1.82) is 0 Å². The molecule has 0 aromatic heterocycles. The van der Waals surface area contributed by atoms with E-state index in [2.05, 4.69) is 29.0 Å². The molecule has 0 spiro atoms. The summed E-state index contributed by atoms with van der Waals surface area (Å²) in [7, 11) is 0. The molecule has 1 amide bonds. The maximum Gasteiger partial charge on any atom is 0.237 e. The molecule has 1 N–H and O–H groups in total. The highest BCUT2D eigenvalue weighted by atomic mass is 16.5. The zero-order valence-electron chi connectivity index (χ0n) is 16.9. The summed E-state index contributed by atoms with van der Waals surface area (Å²) >= 11 is 0. The standard InChI is InChI=1S/C22H35N3O2/c1-18-8-10-20(11-9-18)23-22(26)19(2)25-14-12-24(13-15-25)16-17-27-21-6-4-3-5-7-21/h3-7,18-20H,8-17H2,1-2H3,(H,23,26). The average molecular weight is 374 g/mol. The first kappa shape index (κ1) is 20.2. The number of nitrogens with one attached hydrogen (secondary N) is 1. The minimum absolute atomic E-state index is 0.0351. The number of ether oxygens (including phenoxy) is 1. The molecule has 150 valence electrons. The second-order valence-corrected chi connectivity index (χ2v) is 8.18. The summed E-state index contributed by atoms with van der Waals surface area (Å²) in [6, 6.07) is 10.3. The van der Waals surface area contributed by atoms with Crippen LogP contribution < -0.4 is 10.1 Å². The van der Waals surface area contributed by atoms with E-state index in [9.17, 15) is 4.79 Å². The van der Waals surface area contributed by atoms with Crippen molar-refractivity contribution in [2.45, 2.75) is 51.6 Å². The van der Waals surface area contributed by atoms with E-state index in [1.807, 2.05) is 30.3 Å². The Hall–Kier alpha value is -1.59. The van der Waals surface area contributed by atoms with Gasteiger partial charge in [0.2, 0.25) is 5.91 Å². The van der Waals surface area contributed by atoms with Crippen molar-refractivity contribution in [1.82, 2.24) is 15.1 Å². The molecule has 1 aliphatic carbocycles. The van der Waals surface area contributed by atoms with Crippen LogP contribution in [0.3, 0.4) is 0 Å². The fraction of sp³-hybridized carbons (Fsp3) is 0.682. The zero-order chi connectivity index (χ0) is 19.1. The molecule has 1 atom stereocenters. The van der Waals surface area contributed by atoms with Crippen molar-refractivity contribution in [3.63, 3.8) is 0 Å². The van der Waals surface area contributed by atoms with Crippen molar-refractivity contribution in [3.8, 4) is 5.75 Å². The number of hydrogen-bond acceptors (Lipinski definition) is 4. The van der Waals surface area contributed by atoms with Gasteiger partial charge in [-0.1, -0.05) is 25.1 Å². The van der Waals surface area contributed by atoms with Gasteiger partial charge in [0.15, 0.2) is 0 Å². The number of benzene rings is 1. The van der Waals surface area contributed by atoms with E-state index < -0.39 is 0 Å². The molecule has 5 heteroatoms. The predicted molar refractivity (Wildman–Crippen MR) is 109 cm³/mol. The minimum atomic E-state index is -0.0351. The zero-order valence-corrected chi connectivity index (χ0v) is 16.9. The Labute approximate surface area is 164 Å². The number of carbonyl (C=O) groups excluding carboxylic acids is 1. The van der Waals surface area contributed by atoms with E-state index in [1.54, 1.807) is 0 Å². The van der Waals surface area contributed by atoms with Crippen LogP contribution >= 0.6 is 0 Å². The maximum absolute atomic E-state index is 12.6. The summed E-state index contributed by atoms with van der Waals surface area (Å²) in [6.07, 6.45) is 4.75. The normalized spacial score (nSPS) is 25.7. The van der Waals surface area contributed by atoms with E-state index in [4.69, 9.17) is 4.74 Å². The number of piperazine rings is 1. The van der Waals surface area contributed by atoms with Crippen molar-refractivity contribution in [3.05, 3.63) is 30.3 Å². The second kappa shape index (κ2) is 10.1. The quantitative estimate of drug-likeness (QED) is 0.798. The Balaban J connectivity index is 1.33. The van der Waals surface area contributed by atoms with Gasteiger partial charge in [-0.05, 0) is 50.7 Å². The molecule has 2 fully saturated rings. The lowest BCUT2D eigenvalue weighted by atomic mass is 9.87. The van der Waals surface area contributed by atoms with Gasteiger partial charge in [0.05, 0.1) is 6.04 Å². The van der Waals surface area contributed by atoms with Crippen molar-refractivity contribution in [2.24, 2.45) is 5.92 Å². The Bertz CT molecular complexity index is 564. The van der Waals surface area contributed by atoms with Crippen molar-refractivity contribution in [2.75, 3.05) is 39.3 Å². The van der Waals surface area contributed by atoms with Crippen LogP contribution in [-0.2, 0) is 4.79 Å². The van der Waals surface area contributed by atoms with E-state index in [1.165, 1.54) is 12.8 Å². The van der Waals surface area contributed by atoms with Gasteiger partial charge in [-0.25, -0.2) is 0 Å². The molecule has 1 aromatic rings. The predicted octanol–water partition coefficient (Wildman–Crippen LogP) is 2.77. The lowest BCUT2D eigenvalue weighted by Crippen LogP contribution is -2.55. The maximum atomic E-state index is 12.6. The van der Waals surface area contributed by atoms with E-state index in [-0.39, 0.29) is 11.9 Å². The third-order valence-electron chi connectivity index (χ3n) is 6.12. The summed E-state index contributed by atoms with van der Waals surface area (Å²) < 4.78 is 5.79. The Morgan fingerprint density at radius 3 is 2.44 bits per heavy atom. The van der Waals surface area contributed by atoms with Crippen LogP contribution in [0.2, 0.25) is 0 Å². The molecule has 1 saturated carbocycles. The van der Waals surface area contributed by atoms with Gasteiger partial charge in [0, 0.05) is 38.8 Å². The highest BCUT2D eigenvalue weighted by Gasteiger charge is 2.27. The van der Waals surface area contributed by atoms with Gasteiger partial charge >= 0.3 is 0 Å². The van der Waals surface area contributed by atoms with Gasteiger partial charge < -0.3 is 10.1 Å². The van der Waals surface area contributed by atoms with Crippen molar-refractivity contribution < 1.29 is 9.53 Å². The largest absolute Gasteiger partial charge is 0.492 e. The molecule has 0 bridgehead atoms. The highest BCUT2D eigenvalue weighted by molar-refractivity contribution is 5.81. The molecular formula is C22H35N3O2. The molecular weight excluding hydrogens is 338 g/mol. The molecule has 0 radical (unpaired) electrons. The fourth-order valence-corrected chi connectivity index (χ4v) is 4.08. The lowest BCUT2D eigenvalue weighted by molar-refractivity contribution is -0.127. The molecule has 1 saturated heterocycles. The van der Waals surface area contributed by atoms with Crippen LogP contribution in [0.25, 0.3) is 0 Å². The molecule has 1 heterocycles. The van der Waals surface area contributed by atoms with Crippen LogP contribution in [-0.4, -0.2) is 67.1 Å². The topological polar surface area (TPSA) is 44.8 Å². The summed E-state index contributed by atoms with van der Waals surface area (Å²) in [5.41, 5.74) is 0. The molecule has 1 aromatic carbocycles. The lowest BCUT2D eigenvalue weighted by Gasteiger charge is -2.38. The Morgan fingerprint density at radius 1 is 1.11 bits per heavy atom. The third-order valence-corrected chi connectivity index (χ3v) is 6.12. The molecule has 27 heavy (non-hydrogen) atoms. The van der Waals surface area contributed by atoms with Gasteiger partial charge in [0.1, 0.15) is 12.4 Å². The second-order valence-electron chi connectivity index (χ2n) is 8.18. The van der Waals surface area contributed by atoms with Crippen LogP contribution in [0.5, 0.6) is 5.75 Å². The van der Waals surface area contributed by atoms with Crippen molar-refractivity contribution >= 4 is 5.91 Å². The molecule has 1 unspecified atom stereocenters.